The van der Waals surface area contributed by atoms with Crippen molar-refractivity contribution in [2.24, 2.45) is 5.73 Å². The summed E-state index contributed by atoms with van der Waals surface area (Å²) in [5, 5.41) is 15.3. The Hall–Kier alpha value is -0.940. The molecular formula is C5H10N4O. The molecule has 1 rings (SSSR count). The van der Waals surface area contributed by atoms with Gasteiger partial charge in [-0.1, -0.05) is 0 Å². The average Bonchev–Trinajstić information content (AvgIpc) is 2.34. The monoisotopic (exact) mass is 142 g/mol. The Balaban J connectivity index is 2.78. The van der Waals surface area contributed by atoms with Crippen LogP contribution in [0.15, 0.2) is 0 Å². The lowest BCUT2D eigenvalue weighted by Gasteiger charge is -1.92. The summed E-state index contributed by atoms with van der Waals surface area (Å²) in [6.07, 6.45) is -0.628. The highest BCUT2D eigenvalue weighted by molar-refractivity contribution is 4.91. The highest BCUT2D eigenvalue weighted by atomic mass is 16.3. The van der Waals surface area contributed by atoms with Crippen molar-refractivity contribution in [3.8, 4) is 0 Å². The second-order valence-corrected chi connectivity index (χ2v) is 2.02. The molecule has 0 amide bonds. The van der Waals surface area contributed by atoms with Gasteiger partial charge >= 0.3 is 0 Å². The van der Waals surface area contributed by atoms with E-state index in [0.29, 0.717) is 18.2 Å². The summed E-state index contributed by atoms with van der Waals surface area (Å²) in [6.45, 7) is 1.92. The number of nitrogens with two attached hydrogens (primary N) is 1. The molecule has 0 aliphatic rings. The van der Waals surface area contributed by atoms with Crippen molar-refractivity contribution in [1.29, 1.82) is 0 Å². The topological polar surface area (TPSA) is 87.8 Å². The summed E-state index contributed by atoms with van der Waals surface area (Å²) >= 11 is 0. The molecule has 0 aromatic carbocycles. The standard InChI is InChI=1S/C5H10N4O/c1-3(10)5-7-4(2-6)8-9-5/h3,10H,2,6H2,1H3,(H,7,8,9). The number of aromatic nitrogens is 3. The van der Waals surface area contributed by atoms with Crippen LogP contribution in [0.3, 0.4) is 0 Å². The molecule has 0 saturated heterocycles. The zero-order valence-corrected chi connectivity index (χ0v) is 5.70. The lowest BCUT2D eigenvalue weighted by atomic mass is 10.4. The molecule has 1 aromatic heterocycles. The van der Waals surface area contributed by atoms with Crippen LogP contribution >= 0.6 is 0 Å². The van der Waals surface area contributed by atoms with Gasteiger partial charge in [0.25, 0.3) is 0 Å². The smallest absolute Gasteiger partial charge is 0.178 e. The molecule has 5 heteroatoms. The normalized spacial score (nSPS) is 13.5. The summed E-state index contributed by atoms with van der Waals surface area (Å²) in [4.78, 5) is 3.89. The van der Waals surface area contributed by atoms with Crippen molar-refractivity contribution in [2.45, 2.75) is 19.6 Å². The van der Waals surface area contributed by atoms with E-state index in [4.69, 9.17) is 10.8 Å². The molecule has 4 N–H and O–H groups in total. The Bertz CT molecular complexity index is 207. The quantitative estimate of drug-likeness (QED) is 0.510. The van der Waals surface area contributed by atoms with Crippen LogP contribution in [0.4, 0.5) is 0 Å². The van der Waals surface area contributed by atoms with Gasteiger partial charge < -0.3 is 10.8 Å². The molecule has 0 saturated carbocycles. The molecule has 0 radical (unpaired) electrons. The number of nitrogens with one attached hydrogen (secondary N) is 1. The Morgan fingerprint density at radius 2 is 2.50 bits per heavy atom. The van der Waals surface area contributed by atoms with Crippen LogP contribution in [0.25, 0.3) is 0 Å². The first-order chi connectivity index (χ1) is 4.74. The van der Waals surface area contributed by atoms with E-state index in [1.54, 1.807) is 6.92 Å². The molecule has 56 valence electrons. The number of aliphatic hydroxyl groups excluding tert-OH is 1. The minimum atomic E-state index is -0.628. The number of nitrogens with zero attached hydrogens (tertiary/aromatic N) is 2. The first-order valence-corrected chi connectivity index (χ1v) is 3.03. The van der Waals surface area contributed by atoms with Crippen LogP contribution in [0.5, 0.6) is 0 Å². The van der Waals surface area contributed by atoms with Crippen molar-refractivity contribution in [2.75, 3.05) is 0 Å². The molecule has 1 atom stereocenters. The van der Waals surface area contributed by atoms with Gasteiger partial charge in [-0.2, -0.15) is 5.10 Å². The third-order valence-electron chi connectivity index (χ3n) is 1.12. The lowest BCUT2D eigenvalue weighted by Crippen LogP contribution is -1.99. The molecular weight excluding hydrogens is 132 g/mol. The first-order valence-electron chi connectivity index (χ1n) is 3.03. The highest BCUT2D eigenvalue weighted by Gasteiger charge is 2.05. The largest absolute Gasteiger partial charge is 0.385 e. The van der Waals surface area contributed by atoms with Gasteiger partial charge in [-0.15, -0.1) is 0 Å². The molecule has 1 aromatic rings. The van der Waals surface area contributed by atoms with E-state index in [0.717, 1.165) is 0 Å². The van der Waals surface area contributed by atoms with E-state index in [1.807, 2.05) is 0 Å². The molecule has 10 heavy (non-hydrogen) atoms. The minimum Gasteiger partial charge on any atom is -0.385 e. The highest BCUT2D eigenvalue weighted by Crippen LogP contribution is 2.03. The van der Waals surface area contributed by atoms with Crippen LogP contribution in [-0.4, -0.2) is 20.3 Å². The fourth-order valence-electron chi connectivity index (χ4n) is 0.588. The molecule has 0 aliphatic heterocycles. The summed E-state index contributed by atoms with van der Waals surface area (Å²) in [5.41, 5.74) is 5.25. The van der Waals surface area contributed by atoms with Crippen LogP contribution in [0.1, 0.15) is 24.7 Å². The molecule has 0 bridgehead atoms. The van der Waals surface area contributed by atoms with Gasteiger partial charge in [0.05, 0.1) is 6.54 Å². The first kappa shape index (κ1) is 7.17. The number of aromatic amines is 1. The van der Waals surface area contributed by atoms with Gasteiger partial charge in [-0.25, -0.2) is 4.98 Å². The fourth-order valence-corrected chi connectivity index (χ4v) is 0.588. The summed E-state index contributed by atoms with van der Waals surface area (Å²) in [5.74, 6) is 0.983. The Labute approximate surface area is 58.3 Å². The Morgan fingerprint density at radius 1 is 1.80 bits per heavy atom. The van der Waals surface area contributed by atoms with Crippen molar-refractivity contribution in [3.63, 3.8) is 0 Å². The Kier molecular flexibility index (Phi) is 1.98. The van der Waals surface area contributed by atoms with E-state index < -0.39 is 6.10 Å². The van der Waals surface area contributed by atoms with E-state index in [1.165, 1.54) is 0 Å². The fraction of sp³-hybridized carbons (Fsp3) is 0.600. The summed E-state index contributed by atoms with van der Waals surface area (Å²) in [6, 6.07) is 0. The van der Waals surface area contributed by atoms with E-state index in [-0.39, 0.29) is 0 Å². The maximum atomic E-state index is 8.95. The summed E-state index contributed by atoms with van der Waals surface area (Å²) in [7, 11) is 0. The van der Waals surface area contributed by atoms with E-state index in [9.17, 15) is 0 Å². The molecule has 0 spiro atoms. The SMILES string of the molecule is CC(O)c1n[nH]c(CN)n1. The van der Waals surface area contributed by atoms with Gasteiger partial charge in [0.1, 0.15) is 11.9 Å². The number of aliphatic hydroxyl groups is 1. The molecule has 1 heterocycles. The average molecular weight is 142 g/mol. The van der Waals surface area contributed by atoms with E-state index in [2.05, 4.69) is 15.2 Å². The Morgan fingerprint density at radius 3 is 2.80 bits per heavy atom. The molecule has 0 aliphatic carbocycles. The second kappa shape index (κ2) is 2.76. The summed E-state index contributed by atoms with van der Waals surface area (Å²) < 4.78 is 0. The minimum absolute atomic E-state index is 0.319. The van der Waals surface area contributed by atoms with Crippen LogP contribution in [-0.2, 0) is 6.54 Å². The number of hydrogen-bond donors (Lipinski definition) is 3. The third-order valence-corrected chi connectivity index (χ3v) is 1.12. The van der Waals surface area contributed by atoms with Gasteiger partial charge in [0.2, 0.25) is 0 Å². The van der Waals surface area contributed by atoms with Gasteiger partial charge in [-0.3, -0.25) is 5.10 Å². The van der Waals surface area contributed by atoms with Crippen molar-refractivity contribution in [3.05, 3.63) is 11.6 Å². The predicted molar refractivity (Wildman–Crippen MR) is 34.9 cm³/mol. The van der Waals surface area contributed by atoms with E-state index >= 15 is 0 Å². The van der Waals surface area contributed by atoms with Crippen molar-refractivity contribution < 1.29 is 5.11 Å². The van der Waals surface area contributed by atoms with Crippen LogP contribution in [0, 0.1) is 0 Å². The van der Waals surface area contributed by atoms with Crippen LogP contribution < -0.4 is 5.73 Å². The maximum Gasteiger partial charge on any atom is 0.178 e. The molecule has 5 nitrogen and oxygen atoms in total. The van der Waals surface area contributed by atoms with Crippen molar-refractivity contribution in [1.82, 2.24) is 15.2 Å². The van der Waals surface area contributed by atoms with Gasteiger partial charge in [0, 0.05) is 0 Å². The zero-order chi connectivity index (χ0) is 7.56. The molecule has 1 unspecified atom stereocenters. The number of rotatable bonds is 2. The number of hydrogen-bond acceptors (Lipinski definition) is 4. The van der Waals surface area contributed by atoms with Crippen molar-refractivity contribution >= 4 is 0 Å². The third kappa shape index (κ3) is 1.31. The maximum absolute atomic E-state index is 8.95. The van der Waals surface area contributed by atoms with Crippen LogP contribution in [0.2, 0.25) is 0 Å². The zero-order valence-electron chi connectivity index (χ0n) is 5.70. The lowest BCUT2D eigenvalue weighted by molar-refractivity contribution is 0.189. The van der Waals surface area contributed by atoms with Gasteiger partial charge in [-0.05, 0) is 6.92 Å². The second-order valence-electron chi connectivity index (χ2n) is 2.02. The molecule has 0 fully saturated rings. The predicted octanol–water partition coefficient (Wildman–Crippen LogP) is -0.683. The van der Waals surface area contributed by atoms with Gasteiger partial charge in [0.15, 0.2) is 5.82 Å². The number of H-pyrrole nitrogens is 1.